The summed E-state index contributed by atoms with van der Waals surface area (Å²) in [6.07, 6.45) is 13.9. The first-order chi connectivity index (χ1) is 18.6. The minimum absolute atomic E-state index is 0.107. The lowest BCUT2D eigenvalue weighted by Gasteiger charge is -2.63. The number of piperidine rings is 2. The monoisotopic (exact) mass is 546 g/mol. The molecule has 2 nitrogen and oxygen atoms in total. The lowest BCUT2D eigenvalue weighted by Crippen LogP contribution is -2.57. The minimum atomic E-state index is 0.107. The molecule has 2 N–H and O–H groups in total. The van der Waals surface area contributed by atoms with Gasteiger partial charge in [-0.2, -0.15) is 0 Å². The summed E-state index contributed by atoms with van der Waals surface area (Å²) in [4.78, 5) is 0. The molecule has 6 fully saturated rings. The van der Waals surface area contributed by atoms with Crippen molar-refractivity contribution in [2.24, 2.45) is 35.5 Å². The molecular weight excluding hydrogens is 498 g/mol. The highest BCUT2D eigenvalue weighted by Crippen LogP contribution is 2.66. The van der Waals surface area contributed by atoms with Crippen molar-refractivity contribution in [2.45, 2.75) is 68.4 Å². The molecule has 2 aromatic rings. The van der Waals surface area contributed by atoms with Gasteiger partial charge < -0.3 is 10.6 Å². The van der Waals surface area contributed by atoms with Crippen LogP contribution in [0.4, 0.5) is 0 Å². The first kappa shape index (κ1) is 26.1. The Morgan fingerprint density at radius 3 is 2.05 bits per heavy atom. The van der Waals surface area contributed by atoms with Gasteiger partial charge in [-0.15, -0.1) is 18.5 Å². The van der Waals surface area contributed by atoms with Crippen LogP contribution in [-0.2, 0) is 10.6 Å². The van der Waals surface area contributed by atoms with Crippen LogP contribution in [0, 0.1) is 35.5 Å². The summed E-state index contributed by atoms with van der Waals surface area (Å²) in [6, 6.07) is 19.0. The SMILES string of the molecule is PCC1C2CC3CC(C2)CC1(c1ccc(-c2ccccc2)cc1C(P)(C1CCCNC1)C1CCCNC1)C3. The average molecular weight is 547 g/mol. The summed E-state index contributed by atoms with van der Waals surface area (Å²) in [6.45, 7) is 4.67. The van der Waals surface area contributed by atoms with E-state index in [2.05, 4.69) is 77.6 Å². The Kier molecular flexibility index (Phi) is 7.27. The topological polar surface area (TPSA) is 24.1 Å². The Hall–Kier alpha value is -0.780. The van der Waals surface area contributed by atoms with Crippen LogP contribution in [0.1, 0.15) is 68.9 Å². The third-order valence-corrected chi connectivity index (χ3v) is 13.6. The number of benzene rings is 2. The van der Waals surface area contributed by atoms with E-state index in [1.807, 2.05) is 0 Å². The van der Waals surface area contributed by atoms with Crippen molar-refractivity contribution in [3.63, 3.8) is 0 Å². The van der Waals surface area contributed by atoms with Crippen LogP contribution in [0.15, 0.2) is 48.5 Å². The fourth-order valence-corrected chi connectivity index (χ4v) is 12.1. The van der Waals surface area contributed by atoms with Gasteiger partial charge in [-0.05, 0) is 159 Å². The second kappa shape index (κ2) is 10.6. The molecule has 2 aliphatic heterocycles. The Morgan fingerprint density at radius 2 is 1.47 bits per heavy atom. The Labute approximate surface area is 235 Å². The molecule has 4 saturated carbocycles. The molecule has 0 spiro atoms. The van der Waals surface area contributed by atoms with Crippen molar-refractivity contribution in [1.29, 1.82) is 0 Å². The lowest BCUT2D eigenvalue weighted by atomic mass is 9.43. The van der Waals surface area contributed by atoms with Crippen molar-refractivity contribution >= 4 is 18.5 Å². The summed E-state index contributed by atoms with van der Waals surface area (Å²) in [5.74, 6) is 5.00. The van der Waals surface area contributed by atoms with Gasteiger partial charge in [-0.25, -0.2) is 0 Å². The predicted octanol–water partition coefficient (Wildman–Crippen LogP) is 6.99. The molecule has 6 aliphatic rings. The summed E-state index contributed by atoms with van der Waals surface area (Å²) >= 11 is 0. The zero-order valence-corrected chi connectivity index (χ0v) is 25.4. The fraction of sp³-hybridized carbons (Fsp3) is 0.647. The second-order valence-corrected chi connectivity index (χ2v) is 15.2. The van der Waals surface area contributed by atoms with Crippen molar-refractivity contribution in [2.75, 3.05) is 32.3 Å². The Balaban J connectivity index is 1.44. The Bertz CT molecular complexity index is 1090. The van der Waals surface area contributed by atoms with Gasteiger partial charge >= 0.3 is 0 Å². The summed E-state index contributed by atoms with van der Waals surface area (Å²) < 4.78 is 0. The highest BCUT2D eigenvalue weighted by atomic mass is 31.0. The molecule has 2 aromatic carbocycles. The van der Waals surface area contributed by atoms with Crippen LogP contribution in [-0.4, -0.2) is 32.3 Å². The van der Waals surface area contributed by atoms with E-state index >= 15 is 0 Å². The molecule has 4 bridgehead atoms. The third kappa shape index (κ3) is 4.28. The predicted molar refractivity (Wildman–Crippen MR) is 168 cm³/mol. The Morgan fingerprint density at radius 1 is 0.816 bits per heavy atom. The van der Waals surface area contributed by atoms with Crippen molar-refractivity contribution in [3.05, 3.63) is 59.7 Å². The summed E-state index contributed by atoms with van der Waals surface area (Å²) in [7, 11) is 6.81. The standard InChI is InChI=1S/C34H48N2P2/c37-22-32-27-15-23-14-24(16-27)19-33(32,18-23)30-11-10-26(25-6-2-1-3-7-25)17-31(30)34(38,28-8-4-12-35-20-28)29-9-5-13-36-21-29/h1-3,6-7,10-11,17,23-24,27-29,32,35-36H,4-5,8-9,12-16,18-22,37-38H2. The molecule has 4 aliphatic carbocycles. The number of rotatable bonds is 6. The molecule has 0 amide bonds. The third-order valence-electron chi connectivity index (χ3n) is 11.9. The van der Waals surface area contributed by atoms with E-state index in [1.54, 1.807) is 11.1 Å². The van der Waals surface area contributed by atoms with Gasteiger partial charge in [-0.3, -0.25) is 0 Å². The van der Waals surface area contributed by atoms with E-state index in [4.69, 9.17) is 0 Å². The number of nitrogens with one attached hydrogen (secondary N) is 2. The van der Waals surface area contributed by atoms with Crippen molar-refractivity contribution < 1.29 is 0 Å². The van der Waals surface area contributed by atoms with Gasteiger partial charge in [0.05, 0.1) is 0 Å². The van der Waals surface area contributed by atoms with Crippen molar-refractivity contribution in [3.8, 4) is 11.1 Å². The molecule has 0 radical (unpaired) electrons. The largest absolute Gasteiger partial charge is 0.316 e. The maximum atomic E-state index is 3.83. The summed E-state index contributed by atoms with van der Waals surface area (Å²) in [5, 5.41) is 7.77. The van der Waals surface area contributed by atoms with E-state index in [1.165, 1.54) is 88.2 Å². The van der Waals surface area contributed by atoms with E-state index < -0.39 is 0 Å². The minimum Gasteiger partial charge on any atom is -0.316 e. The molecule has 204 valence electrons. The molecule has 2 heterocycles. The lowest BCUT2D eigenvalue weighted by molar-refractivity contribution is -0.0526. The molecule has 38 heavy (non-hydrogen) atoms. The molecule has 4 heteroatoms. The molecule has 7 atom stereocenters. The smallest absolute Gasteiger partial charge is 0.0181 e. The van der Waals surface area contributed by atoms with Crippen LogP contribution in [0.2, 0.25) is 0 Å². The van der Waals surface area contributed by atoms with Gasteiger partial charge in [0.15, 0.2) is 0 Å². The molecule has 7 unspecified atom stereocenters. The maximum Gasteiger partial charge on any atom is 0.0181 e. The highest BCUT2D eigenvalue weighted by Gasteiger charge is 2.58. The molecule has 8 rings (SSSR count). The van der Waals surface area contributed by atoms with Gasteiger partial charge in [0.1, 0.15) is 0 Å². The van der Waals surface area contributed by atoms with E-state index in [0.29, 0.717) is 17.3 Å². The number of hydrogen-bond acceptors (Lipinski definition) is 2. The van der Waals surface area contributed by atoms with Crippen LogP contribution < -0.4 is 10.6 Å². The van der Waals surface area contributed by atoms with Gasteiger partial charge in [0.2, 0.25) is 0 Å². The average Bonchev–Trinajstić information content (AvgIpc) is 2.97. The van der Waals surface area contributed by atoms with Gasteiger partial charge in [0, 0.05) is 5.16 Å². The van der Waals surface area contributed by atoms with Gasteiger partial charge in [0.25, 0.3) is 0 Å². The van der Waals surface area contributed by atoms with Crippen LogP contribution in [0.3, 0.4) is 0 Å². The molecule has 2 saturated heterocycles. The van der Waals surface area contributed by atoms with E-state index in [9.17, 15) is 0 Å². The second-order valence-electron chi connectivity index (χ2n) is 13.8. The molecular formula is C34H48N2P2. The van der Waals surface area contributed by atoms with Crippen LogP contribution in [0.5, 0.6) is 0 Å². The zero-order chi connectivity index (χ0) is 25.7. The number of hydrogen-bond donors (Lipinski definition) is 2. The first-order valence-electron chi connectivity index (χ1n) is 15.7. The van der Waals surface area contributed by atoms with Crippen LogP contribution >= 0.6 is 18.5 Å². The van der Waals surface area contributed by atoms with Crippen LogP contribution in [0.25, 0.3) is 11.1 Å². The summed E-state index contributed by atoms with van der Waals surface area (Å²) in [5.41, 5.74) is 6.61. The zero-order valence-electron chi connectivity index (χ0n) is 23.1. The highest BCUT2D eigenvalue weighted by molar-refractivity contribution is 7.18. The first-order valence-corrected chi connectivity index (χ1v) is 17.1. The van der Waals surface area contributed by atoms with E-state index in [-0.39, 0.29) is 5.16 Å². The quantitative estimate of drug-likeness (QED) is 0.382. The maximum absolute atomic E-state index is 3.83. The van der Waals surface area contributed by atoms with Gasteiger partial charge in [-0.1, -0.05) is 42.5 Å². The molecule has 0 aromatic heterocycles. The van der Waals surface area contributed by atoms with Crippen molar-refractivity contribution in [1.82, 2.24) is 10.6 Å². The van der Waals surface area contributed by atoms with E-state index in [0.717, 1.165) is 36.8 Å². The normalized spacial score (nSPS) is 38.2. The fourth-order valence-electron chi connectivity index (χ4n) is 10.4.